The number of hydrogen-bond donors (Lipinski definition) is 2. The number of carboxylic acid groups (broad SMARTS) is 1. The number of halogens is 1. The van der Waals surface area contributed by atoms with Crippen LogP contribution in [0.4, 0.5) is 5.13 Å². The van der Waals surface area contributed by atoms with Gasteiger partial charge in [0.15, 0.2) is 5.13 Å². The Hall–Kier alpha value is -2.31. The Morgan fingerprint density at radius 2 is 2.09 bits per heavy atom. The zero-order valence-electron chi connectivity index (χ0n) is 12.0. The van der Waals surface area contributed by atoms with Crippen molar-refractivity contribution in [3.8, 4) is 11.3 Å². The minimum atomic E-state index is -0.888. The summed E-state index contributed by atoms with van der Waals surface area (Å²) in [5.74, 6) is -0.102. The van der Waals surface area contributed by atoms with Crippen LogP contribution in [0.15, 0.2) is 47.1 Å². The summed E-state index contributed by atoms with van der Waals surface area (Å²) in [5.41, 5.74) is 1.50. The van der Waals surface area contributed by atoms with Gasteiger partial charge >= 0.3 is 5.97 Å². The van der Waals surface area contributed by atoms with E-state index in [-0.39, 0.29) is 6.42 Å². The standard InChI is InChI=1S/C16H13ClN2O3S/c17-11-5-3-10(4-6-11)15-13(8-14(20)21)23-16(19-15)18-9-12-2-1-7-22-12/h1-7H,8-9H2,(H,18,19)(H,20,21). The molecule has 2 heterocycles. The number of carboxylic acids is 1. The lowest BCUT2D eigenvalue weighted by atomic mass is 10.1. The van der Waals surface area contributed by atoms with Gasteiger partial charge in [0, 0.05) is 15.5 Å². The van der Waals surface area contributed by atoms with Crippen LogP contribution in [0.1, 0.15) is 10.6 Å². The second-order valence-electron chi connectivity index (χ2n) is 4.80. The van der Waals surface area contributed by atoms with Crippen molar-refractivity contribution in [1.29, 1.82) is 0 Å². The molecule has 2 aromatic heterocycles. The lowest BCUT2D eigenvalue weighted by molar-refractivity contribution is -0.136. The molecule has 0 aliphatic carbocycles. The quantitative estimate of drug-likeness (QED) is 0.694. The molecule has 7 heteroatoms. The van der Waals surface area contributed by atoms with Crippen LogP contribution in [0.5, 0.6) is 0 Å². The van der Waals surface area contributed by atoms with Gasteiger partial charge in [-0.1, -0.05) is 23.7 Å². The van der Waals surface area contributed by atoms with Gasteiger partial charge in [-0.05, 0) is 24.3 Å². The highest BCUT2D eigenvalue weighted by Gasteiger charge is 2.16. The van der Waals surface area contributed by atoms with Gasteiger partial charge in [0.05, 0.1) is 24.9 Å². The van der Waals surface area contributed by atoms with E-state index in [0.717, 1.165) is 11.3 Å². The number of hydrogen-bond acceptors (Lipinski definition) is 5. The molecule has 0 radical (unpaired) electrons. The molecule has 0 fully saturated rings. The summed E-state index contributed by atoms with van der Waals surface area (Å²) >= 11 is 7.23. The van der Waals surface area contributed by atoms with Crippen LogP contribution in [0, 0.1) is 0 Å². The molecule has 0 atom stereocenters. The van der Waals surface area contributed by atoms with Gasteiger partial charge in [-0.2, -0.15) is 0 Å². The molecular weight excluding hydrogens is 336 g/mol. The topological polar surface area (TPSA) is 75.4 Å². The molecule has 23 heavy (non-hydrogen) atoms. The van der Waals surface area contributed by atoms with Crippen molar-refractivity contribution in [2.45, 2.75) is 13.0 Å². The number of furan rings is 1. The van der Waals surface area contributed by atoms with Gasteiger partial charge < -0.3 is 14.8 Å². The fraction of sp³-hybridized carbons (Fsp3) is 0.125. The largest absolute Gasteiger partial charge is 0.481 e. The predicted molar refractivity (Wildman–Crippen MR) is 89.9 cm³/mol. The van der Waals surface area contributed by atoms with Crippen LogP contribution in [0.3, 0.4) is 0 Å². The molecule has 118 valence electrons. The number of rotatable bonds is 6. The second-order valence-corrected chi connectivity index (χ2v) is 6.32. The molecule has 2 N–H and O–H groups in total. The van der Waals surface area contributed by atoms with Gasteiger partial charge in [0.25, 0.3) is 0 Å². The van der Waals surface area contributed by atoms with Crippen LogP contribution in [-0.2, 0) is 17.8 Å². The SMILES string of the molecule is O=C(O)Cc1sc(NCc2ccco2)nc1-c1ccc(Cl)cc1. The van der Waals surface area contributed by atoms with Crippen LogP contribution in [0.2, 0.25) is 5.02 Å². The van der Waals surface area contributed by atoms with Crippen molar-refractivity contribution in [3.05, 3.63) is 58.3 Å². The molecule has 0 amide bonds. The number of nitrogens with zero attached hydrogens (tertiary/aromatic N) is 1. The number of aromatic nitrogens is 1. The lowest BCUT2D eigenvalue weighted by Gasteiger charge is -2.00. The van der Waals surface area contributed by atoms with Crippen molar-refractivity contribution in [3.63, 3.8) is 0 Å². The average Bonchev–Trinajstić information content (AvgIpc) is 3.15. The summed E-state index contributed by atoms with van der Waals surface area (Å²) < 4.78 is 5.26. The normalized spacial score (nSPS) is 10.7. The van der Waals surface area contributed by atoms with E-state index < -0.39 is 5.97 Å². The maximum absolute atomic E-state index is 11.1. The first-order chi connectivity index (χ1) is 11.1. The van der Waals surface area contributed by atoms with Gasteiger partial charge in [0.2, 0.25) is 0 Å². The third-order valence-corrected chi connectivity index (χ3v) is 4.39. The smallest absolute Gasteiger partial charge is 0.308 e. The van der Waals surface area contributed by atoms with Gasteiger partial charge in [0.1, 0.15) is 5.76 Å². The van der Waals surface area contributed by atoms with E-state index in [0.29, 0.717) is 27.3 Å². The zero-order chi connectivity index (χ0) is 16.2. The summed E-state index contributed by atoms with van der Waals surface area (Å²) in [7, 11) is 0. The number of aliphatic carboxylic acids is 1. The Labute approximate surface area is 141 Å². The van der Waals surface area contributed by atoms with Crippen molar-refractivity contribution < 1.29 is 14.3 Å². The molecule has 0 unspecified atom stereocenters. The molecular formula is C16H13ClN2O3S. The average molecular weight is 349 g/mol. The van der Waals surface area contributed by atoms with E-state index in [1.807, 2.05) is 24.3 Å². The Morgan fingerprint density at radius 1 is 1.30 bits per heavy atom. The Balaban J connectivity index is 1.86. The van der Waals surface area contributed by atoms with Crippen LogP contribution < -0.4 is 5.32 Å². The van der Waals surface area contributed by atoms with Crippen molar-refractivity contribution in [2.75, 3.05) is 5.32 Å². The molecule has 0 saturated heterocycles. The molecule has 1 aromatic carbocycles. The van der Waals surface area contributed by atoms with Gasteiger partial charge in [-0.15, -0.1) is 11.3 Å². The fourth-order valence-corrected chi connectivity index (χ4v) is 3.19. The molecule has 0 saturated carbocycles. The summed E-state index contributed by atoms with van der Waals surface area (Å²) in [6.45, 7) is 0.493. The maximum Gasteiger partial charge on any atom is 0.308 e. The third kappa shape index (κ3) is 3.91. The second kappa shape index (κ2) is 6.85. The van der Waals surface area contributed by atoms with E-state index >= 15 is 0 Å². The van der Waals surface area contributed by atoms with Crippen molar-refractivity contribution in [1.82, 2.24) is 4.98 Å². The number of anilines is 1. The van der Waals surface area contributed by atoms with Gasteiger partial charge in [-0.25, -0.2) is 4.98 Å². The Morgan fingerprint density at radius 3 is 2.74 bits per heavy atom. The highest BCUT2D eigenvalue weighted by molar-refractivity contribution is 7.16. The third-order valence-electron chi connectivity index (χ3n) is 3.12. The first kappa shape index (κ1) is 15.6. The van der Waals surface area contributed by atoms with E-state index in [1.165, 1.54) is 11.3 Å². The maximum atomic E-state index is 11.1. The van der Waals surface area contributed by atoms with Crippen LogP contribution in [0.25, 0.3) is 11.3 Å². The van der Waals surface area contributed by atoms with Crippen molar-refractivity contribution in [2.24, 2.45) is 0 Å². The lowest BCUT2D eigenvalue weighted by Crippen LogP contribution is -1.99. The molecule has 0 aliphatic heterocycles. The minimum Gasteiger partial charge on any atom is -0.481 e. The van der Waals surface area contributed by atoms with Crippen molar-refractivity contribution >= 4 is 34.0 Å². The number of carbonyl (C=O) groups is 1. The molecule has 3 rings (SSSR count). The fourth-order valence-electron chi connectivity index (χ4n) is 2.09. The first-order valence-electron chi connectivity index (χ1n) is 6.85. The predicted octanol–water partition coefficient (Wildman–Crippen LogP) is 4.30. The van der Waals surface area contributed by atoms with Gasteiger partial charge in [-0.3, -0.25) is 4.79 Å². The number of nitrogens with one attached hydrogen (secondary N) is 1. The highest BCUT2D eigenvalue weighted by Crippen LogP contribution is 2.32. The Kier molecular flexibility index (Phi) is 4.64. The molecule has 0 aliphatic rings. The van der Waals surface area contributed by atoms with E-state index in [1.54, 1.807) is 18.4 Å². The summed E-state index contributed by atoms with van der Waals surface area (Å²) in [6, 6.07) is 10.9. The first-order valence-corrected chi connectivity index (χ1v) is 8.05. The summed E-state index contributed by atoms with van der Waals surface area (Å²) in [5, 5.41) is 13.5. The number of thiazole rings is 1. The highest BCUT2D eigenvalue weighted by atomic mass is 35.5. The summed E-state index contributed by atoms with van der Waals surface area (Å²) in [6.07, 6.45) is 1.53. The van der Waals surface area contributed by atoms with E-state index in [2.05, 4.69) is 10.3 Å². The molecule has 3 aromatic rings. The molecule has 0 bridgehead atoms. The number of benzene rings is 1. The van der Waals surface area contributed by atoms with Crippen LogP contribution >= 0.6 is 22.9 Å². The van der Waals surface area contributed by atoms with Crippen LogP contribution in [-0.4, -0.2) is 16.1 Å². The minimum absolute atomic E-state index is 0.0714. The molecule has 0 spiro atoms. The van der Waals surface area contributed by atoms with E-state index in [9.17, 15) is 4.79 Å². The zero-order valence-corrected chi connectivity index (χ0v) is 13.5. The monoisotopic (exact) mass is 348 g/mol. The molecule has 5 nitrogen and oxygen atoms in total. The summed E-state index contributed by atoms with van der Waals surface area (Å²) in [4.78, 5) is 16.3. The van der Waals surface area contributed by atoms with E-state index in [4.69, 9.17) is 21.1 Å². The Bertz CT molecular complexity index is 797.